The summed E-state index contributed by atoms with van der Waals surface area (Å²) < 4.78 is 25.7. The Hall–Kier alpha value is -1.92. The van der Waals surface area contributed by atoms with Crippen LogP contribution in [0.4, 0.5) is 5.69 Å². The number of H-pyrrole nitrogens is 1. The number of nitrogens with zero attached hydrogens (tertiary/aromatic N) is 3. The van der Waals surface area contributed by atoms with E-state index < -0.39 is 10.0 Å². The van der Waals surface area contributed by atoms with Crippen LogP contribution in [0.25, 0.3) is 0 Å². The summed E-state index contributed by atoms with van der Waals surface area (Å²) in [7, 11) is -0.891. The first-order valence-corrected chi connectivity index (χ1v) is 12.0. The molecule has 0 saturated carbocycles. The largest absolute Gasteiger partial charge is 0.325 e. The predicted molar refractivity (Wildman–Crippen MR) is 115 cm³/mol. The van der Waals surface area contributed by atoms with E-state index in [-0.39, 0.29) is 21.6 Å². The topological polar surface area (TPSA) is 108 Å². The molecule has 3 aromatic rings. The molecule has 2 N–H and O–H groups in total. The van der Waals surface area contributed by atoms with Gasteiger partial charge in [-0.3, -0.25) is 9.89 Å². The van der Waals surface area contributed by atoms with Crippen LogP contribution in [0.1, 0.15) is 10.7 Å². The lowest BCUT2D eigenvalue weighted by Crippen LogP contribution is -2.23. The van der Waals surface area contributed by atoms with Crippen molar-refractivity contribution >= 4 is 56.3 Å². The number of carbonyl (C=O) groups is 1. The first-order chi connectivity index (χ1) is 13.8. The highest BCUT2D eigenvalue weighted by Gasteiger charge is 2.21. The molecule has 3 rings (SSSR count). The van der Waals surface area contributed by atoms with Gasteiger partial charge >= 0.3 is 0 Å². The van der Waals surface area contributed by atoms with Gasteiger partial charge in [-0.25, -0.2) is 17.7 Å². The Kier molecular flexibility index (Phi) is 6.96. The average Bonchev–Trinajstić information content (AvgIpc) is 3.34. The van der Waals surface area contributed by atoms with E-state index in [1.807, 2.05) is 17.5 Å². The quantitative estimate of drug-likeness (QED) is 0.489. The number of hydrogen-bond donors (Lipinski definition) is 2. The molecule has 0 spiro atoms. The van der Waals surface area contributed by atoms with E-state index in [2.05, 4.69) is 20.5 Å². The van der Waals surface area contributed by atoms with Gasteiger partial charge in [0.05, 0.1) is 10.8 Å². The number of aromatic amines is 1. The third-order valence-corrected chi connectivity index (χ3v) is 7.76. The van der Waals surface area contributed by atoms with Crippen molar-refractivity contribution in [1.29, 1.82) is 0 Å². The SMILES string of the molecule is CN(C)S(=O)(=O)c1cc(NC(=O)CSc2n[nH]c(Cc3cccs3)n2)ccc1Cl. The molecule has 0 aliphatic carbocycles. The Labute approximate surface area is 181 Å². The molecule has 2 heterocycles. The van der Waals surface area contributed by atoms with E-state index in [4.69, 9.17) is 11.6 Å². The Bertz CT molecular complexity index is 1100. The maximum atomic E-state index is 12.3. The molecule has 0 saturated heterocycles. The van der Waals surface area contributed by atoms with Gasteiger partial charge in [0.1, 0.15) is 10.7 Å². The van der Waals surface area contributed by atoms with Crippen LogP contribution in [0.3, 0.4) is 0 Å². The maximum Gasteiger partial charge on any atom is 0.244 e. The first-order valence-electron chi connectivity index (χ1n) is 8.34. The molecule has 8 nitrogen and oxygen atoms in total. The van der Waals surface area contributed by atoms with Gasteiger partial charge in [0.15, 0.2) is 0 Å². The molecule has 1 aromatic carbocycles. The van der Waals surface area contributed by atoms with Gasteiger partial charge in [-0.05, 0) is 29.6 Å². The molecule has 29 heavy (non-hydrogen) atoms. The Balaban J connectivity index is 1.59. The monoisotopic (exact) mass is 471 g/mol. The fraction of sp³-hybridized carbons (Fsp3) is 0.235. The standard InChI is InChI=1S/C17H18ClN5O3S3/c1-23(2)29(25,26)14-8-11(5-6-13(14)18)19-16(24)10-28-17-20-15(21-22-17)9-12-4-3-7-27-12/h3-8H,9-10H2,1-2H3,(H,19,24)(H,20,21,22). The lowest BCUT2D eigenvalue weighted by atomic mass is 10.3. The van der Waals surface area contributed by atoms with Crippen LogP contribution in [0.2, 0.25) is 5.02 Å². The minimum Gasteiger partial charge on any atom is -0.325 e. The van der Waals surface area contributed by atoms with Gasteiger partial charge < -0.3 is 5.32 Å². The zero-order chi connectivity index (χ0) is 21.0. The molecule has 0 radical (unpaired) electrons. The molecule has 0 atom stereocenters. The summed E-state index contributed by atoms with van der Waals surface area (Å²) in [5.41, 5.74) is 0.341. The maximum absolute atomic E-state index is 12.3. The van der Waals surface area contributed by atoms with Crippen molar-refractivity contribution in [2.75, 3.05) is 25.2 Å². The highest BCUT2D eigenvalue weighted by molar-refractivity contribution is 7.99. The predicted octanol–water partition coefficient (Wildman–Crippen LogP) is 3.09. The molecule has 0 unspecified atom stereocenters. The van der Waals surface area contributed by atoms with Gasteiger partial charge in [0.25, 0.3) is 0 Å². The smallest absolute Gasteiger partial charge is 0.244 e. The molecular weight excluding hydrogens is 454 g/mol. The highest BCUT2D eigenvalue weighted by atomic mass is 35.5. The van der Waals surface area contributed by atoms with E-state index in [9.17, 15) is 13.2 Å². The van der Waals surface area contributed by atoms with Crippen LogP contribution >= 0.6 is 34.7 Å². The zero-order valence-corrected chi connectivity index (χ0v) is 18.8. The van der Waals surface area contributed by atoms with Gasteiger partial charge in [0.2, 0.25) is 21.1 Å². The summed E-state index contributed by atoms with van der Waals surface area (Å²) in [6.45, 7) is 0. The van der Waals surface area contributed by atoms with Crippen molar-refractivity contribution in [3.05, 3.63) is 51.4 Å². The number of thiophene rings is 1. The number of thioether (sulfide) groups is 1. The number of anilines is 1. The lowest BCUT2D eigenvalue weighted by Gasteiger charge is -2.14. The Morgan fingerprint density at radius 2 is 2.14 bits per heavy atom. The van der Waals surface area contributed by atoms with Gasteiger partial charge in [-0.2, -0.15) is 0 Å². The van der Waals surface area contributed by atoms with E-state index in [1.165, 1.54) is 42.9 Å². The molecule has 2 aromatic heterocycles. The number of benzene rings is 1. The van der Waals surface area contributed by atoms with Gasteiger partial charge in [0, 0.05) is 31.1 Å². The number of rotatable bonds is 8. The summed E-state index contributed by atoms with van der Waals surface area (Å²) in [5.74, 6) is 0.496. The first kappa shape index (κ1) is 21.8. The third-order valence-electron chi connectivity index (χ3n) is 3.74. The van der Waals surface area contributed by atoms with Crippen LogP contribution in [-0.2, 0) is 21.2 Å². The number of amides is 1. The van der Waals surface area contributed by atoms with Crippen molar-refractivity contribution in [3.8, 4) is 0 Å². The summed E-state index contributed by atoms with van der Waals surface area (Å²) in [4.78, 5) is 17.7. The summed E-state index contributed by atoms with van der Waals surface area (Å²) >= 11 is 8.84. The lowest BCUT2D eigenvalue weighted by molar-refractivity contribution is -0.113. The number of halogens is 1. The molecule has 0 bridgehead atoms. The second-order valence-corrected chi connectivity index (χ2v) is 10.6. The van der Waals surface area contributed by atoms with Crippen molar-refractivity contribution in [2.24, 2.45) is 0 Å². The van der Waals surface area contributed by atoms with E-state index in [1.54, 1.807) is 17.4 Å². The fourth-order valence-corrected chi connectivity index (χ4v) is 5.02. The minimum atomic E-state index is -3.72. The molecule has 154 valence electrons. The minimum absolute atomic E-state index is 0.0678. The van der Waals surface area contributed by atoms with Crippen LogP contribution in [0.5, 0.6) is 0 Å². The Morgan fingerprint density at radius 1 is 1.34 bits per heavy atom. The van der Waals surface area contributed by atoms with Crippen molar-refractivity contribution in [2.45, 2.75) is 16.5 Å². The summed E-state index contributed by atoms with van der Waals surface area (Å²) in [6, 6.07) is 8.32. The summed E-state index contributed by atoms with van der Waals surface area (Å²) in [6.07, 6.45) is 0.658. The van der Waals surface area contributed by atoms with Crippen LogP contribution in [0, 0.1) is 0 Å². The number of carbonyl (C=O) groups excluding carboxylic acids is 1. The second kappa shape index (κ2) is 9.26. The molecular formula is C17H18ClN5O3S3. The molecule has 12 heteroatoms. The fourth-order valence-electron chi connectivity index (χ4n) is 2.30. The number of nitrogens with one attached hydrogen (secondary N) is 2. The molecule has 0 aliphatic rings. The van der Waals surface area contributed by atoms with Gasteiger partial charge in [-0.15, -0.1) is 16.4 Å². The van der Waals surface area contributed by atoms with Crippen molar-refractivity contribution in [1.82, 2.24) is 19.5 Å². The third kappa shape index (κ3) is 5.58. The second-order valence-electron chi connectivity index (χ2n) is 6.09. The van der Waals surface area contributed by atoms with Crippen LogP contribution in [0.15, 0.2) is 45.8 Å². The van der Waals surface area contributed by atoms with E-state index in [0.29, 0.717) is 17.3 Å². The normalized spacial score (nSPS) is 11.7. The highest BCUT2D eigenvalue weighted by Crippen LogP contribution is 2.27. The number of hydrogen-bond acceptors (Lipinski definition) is 7. The Morgan fingerprint density at radius 3 is 2.83 bits per heavy atom. The van der Waals surface area contributed by atoms with Crippen LogP contribution < -0.4 is 5.32 Å². The van der Waals surface area contributed by atoms with Crippen molar-refractivity contribution < 1.29 is 13.2 Å². The number of sulfonamides is 1. The number of aromatic nitrogens is 3. The zero-order valence-electron chi connectivity index (χ0n) is 15.5. The van der Waals surface area contributed by atoms with Gasteiger partial charge in [-0.1, -0.05) is 29.4 Å². The average molecular weight is 472 g/mol. The molecule has 1 amide bonds. The summed E-state index contributed by atoms with van der Waals surface area (Å²) in [5, 5.41) is 12.2. The molecule has 0 aliphatic heterocycles. The molecule has 0 fully saturated rings. The van der Waals surface area contributed by atoms with E-state index in [0.717, 1.165) is 10.1 Å². The van der Waals surface area contributed by atoms with Crippen molar-refractivity contribution in [3.63, 3.8) is 0 Å². The van der Waals surface area contributed by atoms with E-state index >= 15 is 0 Å². The van der Waals surface area contributed by atoms with Crippen LogP contribution in [-0.4, -0.2) is 53.7 Å².